The molecule has 0 aliphatic rings. The first-order valence-electron chi connectivity index (χ1n) is 7.02. The molecule has 6 nitrogen and oxygen atoms in total. The molecule has 0 saturated heterocycles. The Bertz CT molecular complexity index is 841. The standard InChI is InChI=1S/C17H16N2O4/c1-21-14-4-3-5-15(9-14)23-11-13-10-18-16-8-12(17(20)22-2)6-7-19(13)16/h3-10H,11H2,1-2H3. The lowest BCUT2D eigenvalue weighted by Gasteiger charge is -2.08. The molecule has 0 spiro atoms. The number of benzene rings is 1. The van der Waals surface area contributed by atoms with Gasteiger partial charge in [0.2, 0.25) is 0 Å². The van der Waals surface area contributed by atoms with Gasteiger partial charge in [-0.25, -0.2) is 9.78 Å². The van der Waals surface area contributed by atoms with Crippen molar-refractivity contribution in [2.75, 3.05) is 14.2 Å². The minimum atomic E-state index is -0.385. The van der Waals surface area contributed by atoms with Crippen LogP contribution in [-0.2, 0) is 11.3 Å². The van der Waals surface area contributed by atoms with E-state index in [0.29, 0.717) is 23.6 Å². The van der Waals surface area contributed by atoms with Gasteiger partial charge in [-0.05, 0) is 24.3 Å². The van der Waals surface area contributed by atoms with Crippen LogP contribution in [0.2, 0.25) is 0 Å². The lowest BCUT2D eigenvalue weighted by atomic mass is 10.2. The molecule has 23 heavy (non-hydrogen) atoms. The zero-order valence-corrected chi connectivity index (χ0v) is 12.9. The van der Waals surface area contributed by atoms with Crippen molar-refractivity contribution in [1.29, 1.82) is 0 Å². The van der Waals surface area contributed by atoms with Crippen molar-refractivity contribution in [3.05, 3.63) is 60.0 Å². The second kappa shape index (κ2) is 6.39. The van der Waals surface area contributed by atoms with Crippen molar-refractivity contribution in [1.82, 2.24) is 9.38 Å². The number of aromatic nitrogens is 2. The van der Waals surface area contributed by atoms with Crippen LogP contribution >= 0.6 is 0 Å². The second-order valence-corrected chi connectivity index (χ2v) is 4.85. The molecule has 0 amide bonds. The molecule has 0 fully saturated rings. The van der Waals surface area contributed by atoms with Crippen LogP contribution in [0.15, 0.2) is 48.8 Å². The maximum Gasteiger partial charge on any atom is 0.338 e. The van der Waals surface area contributed by atoms with Gasteiger partial charge < -0.3 is 18.6 Å². The van der Waals surface area contributed by atoms with E-state index >= 15 is 0 Å². The van der Waals surface area contributed by atoms with Gasteiger partial charge in [-0.1, -0.05) is 6.07 Å². The Morgan fingerprint density at radius 3 is 2.78 bits per heavy atom. The molecule has 3 aromatic rings. The summed E-state index contributed by atoms with van der Waals surface area (Å²) in [7, 11) is 2.97. The summed E-state index contributed by atoms with van der Waals surface area (Å²) in [6.07, 6.45) is 3.50. The van der Waals surface area contributed by atoms with Crippen LogP contribution in [0.1, 0.15) is 16.1 Å². The largest absolute Gasteiger partial charge is 0.497 e. The number of rotatable bonds is 5. The van der Waals surface area contributed by atoms with Crippen LogP contribution in [-0.4, -0.2) is 29.6 Å². The van der Waals surface area contributed by atoms with Crippen molar-refractivity contribution in [3.8, 4) is 11.5 Å². The fraction of sp³-hybridized carbons (Fsp3) is 0.176. The number of esters is 1. The van der Waals surface area contributed by atoms with Crippen LogP contribution in [0.25, 0.3) is 5.65 Å². The summed E-state index contributed by atoms with van der Waals surface area (Å²) < 4.78 is 17.5. The van der Waals surface area contributed by atoms with Gasteiger partial charge in [0, 0.05) is 12.3 Å². The Morgan fingerprint density at radius 2 is 2.00 bits per heavy atom. The number of hydrogen-bond acceptors (Lipinski definition) is 5. The van der Waals surface area contributed by atoms with E-state index in [1.54, 1.807) is 31.6 Å². The predicted octanol–water partition coefficient (Wildman–Crippen LogP) is 2.71. The molecule has 0 unspecified atom stereocenters. The zero-order valence-electron chi connectivity index (χ0n) is 12.9. The molecule has 6 heteroatoms. The molecular weight excluding hydrogens is 296 g/mol. The number of nitrogens with zero attached hydrogens (tertiary/aromatic N) is 2. The van der Waals surface area contributed by atoms with Crippen molar-refractivity contribution in [2.45, 2.75) is 6.61 Å². The quantitative estimate of drug-likeness (QED) is 0.678. The van der Waals surface area contributed by atoms with Gasteiger partial charge in [-0.3, -0.25) is 0 Å². The molecule has 0 atom stereocenters. The number of carbonyl (C=O) groups is 1. The van der Waals surface area contributed by atoms with E-state index in [2.05, 4.69) is 4.98 Å². The number of carbonyl (C=O) groups excluding carboxylic acids is 1. The number of imidazole rings is 1. The average molecular weight is 312 g/mol. The Kier molecular flexibility index (Phi) is 4.14. The number of ether oxygens (including phenoxy) is 3. The number of fused-ring (bicyclic) bond motifs is 1. The van der Waals surface area contributed by atoms with E-state index < -0.39 is 0 Å². The third-order valence-electron chi connectivity index (χ3n) is 3.44. The highest BCUT2D eigenvalue weighted by Gasteiger charge is 2.09. The molecule has 0 radical (unpaired) electrons. The molecule has 0 N–H and O–H groups in total. The van der Waals surface area contributed by atoms with E-state index in [9.17, 15) is 4.79 Å². The SMILES string of the molecule is COC(=O)c1ccn2c(COc3cccc(OC)c3)cnc2c1. The first-order chi connectivity index (χ1) is 11.2. The molecule has 0 aliphatic heterocycles. The monoisotopic (exact) mass is 312 g/mol. The van der Waals surface area contributed by atoms with Crippen LogP contribution in [0.4, 0.5) is 0 Å². The van der Waals surface area contributed by atoms with Crippen LogP contribution < -0.4 is 9.47 Å². The van der Waals surface area contributed by atoms with Crippen LogP contribution in [0.3, 0.4) is 0 Å². The lowest BCUT2D eigenvalue weighted by Crippen LogP contribution is -2.03. The fourth-order valence-corrected chi connectivity index (χ4v) is 2.23. The van der Waals surface area contributed by atoms with Crippen molar-refractivity contribution in [3.63, 3.8) is 0 Å². The molecule has 0 bridgehead atoms. The van der Waals surface area contributed by atoms with E-state index in [-0.39, 0.29) is 5.97 Å². The van der Waals surface area contributed by atoms with Gasteiger partial charge in [-0.2, -0.15) is 0 Å². The van der Waals surface area contributed by atoms with Crippen LogP contribution in [0, 0.1) is 0 Å². The molecule has 2 aromatic heterocycles. The topological polar surface area (TPSA) is 62.1 Å². The highest BCUT2D eigenvalue weighted by Crippen LogP contribution is 2.20. The summed E-state index contributed by atoms with van der Waals surface area (Å²) >= 11 is 0. The summed E-state index contributed by atoms with van der Waals surface area (Å²) in [5, 5.41) is 0. The minimum absolute atomic E-state index is 0.353. The van der Waals surface area contributed by atoms with E-state index in [4.69, 9.17) is 14.2 Å². The molecular formula is C17H16N2O4. The minimum Gasteiger partial charge on any atom is -0.497 e. The van der Waals surface area contributed by atoms with Gasteiger partial charge in [0.25, 0.3) is 0 Å². The molecule has 0 saturated carbocycles. The number of hydrogen-bond donors (Lipinski definition) is 0. The van der Waals surface area contributed by atoms with Gasteiger partial charge in [0.1, 0.15) is 23.8 Å². The first-order valence-corrected chi connectivity index (χ1v) is 7.02. The molecule has 0 aliphatic carbocycles. The fourth-order valence-electron chi connectivity index (χ4n) is 2.23. The summed E-state index contributed by atoms with van der Waals surface area (Å²) in [4.78, 5) is 15.8. The van der Waals surface area contributed by atoms with E-state index in [1.165, 1.54) is 7.11 Å². The molecule has 3 rings (SSSR count). The predicted molar refractivity (Wildman–Crippen MR) is 83.9 cm³/mol. The summed E-state index contributed by atoms with van der Waals surface area (Å²) in [5.74, 6) is 1.07. The van der Waals surface area contributed by atoms with Crippen molar-refractivity contribution >= 4 is 11.6 Å². The summed E-state index contributed by atoms with van der Waals surface area (Å²) in [5.41, 5.74) is 2.00. The Balaban J connectivity index is 1.79. The second-order valence-electron chi connectivity index (χ2n) is 4.85. The number of pyridine rings is 1. The highest BCUT2D eigenvalue weighted by atomic mass is 16.5. The van der Waals surface area contributed by atoms with Gasteiger partial charge >= 0.3 is 5.97 Å². The smallest absolute Gasteiger partial charge is 0.338 e. The van der Waals surface area contributed by atoms with Crippen molar-refractivity contribution in [2.24, 2.45) is 0 Å². The molecule has 2 heterocycles. The average Bonchev–Trinajstić information content (AvgIpc) is 3.01. The summed E-state index contributed by atoms with van der Waals surface area (Å²) in [6.45, 7) is 0.353. The van der Waals surface area contributed by atoms with Gasteiger partial charge in [0.05, 0.1) is 31.7 Å². The first kappa shape index (κ1) is 14.9. The zero-order chi connectivity index (χ0) is 16.2. The highest BCUT2D eigenvalue weighted by molar-refractivity contribution is 5.90. The van der Waals surface area contributed by atoms with Gasteiger partial charge in [-0.15, -0.1) is 0 Å². The summed E-state index contributed by atoms with van der Waals surface area (Å²) in [6, 6.07) is 10.8. The van der Waals surface area contributed by atoms with E-state index in [1.807, 2.05) is 28.7 Å². The van der Waals surface area contributed by atoms with Crippen molar-refractivity contribution < 1.29 is 19.0 Å². The van der Waals surface area contributed by atoms with Crippen LogP contribution in [0.5, 0.6) is 11.5 Å². The third-order valence-corrected chi connectivity index (χ3v) is 3.44. The molecule has 118 valence electrons. The Morgan fingerprint density at radius 1 is 1.17 bits per heavy atom. The maximum absolute atomic E-state index is 11.5. The van der Waals surface area contributed by atoms with E-state index in [0.717, 1.165) is 11.4 Å². The third kappa shape index (κ3) is 3.11. The van der Waals surface area contributed by atoms with Gasteiger partial charge in [0.15, 0.2) is 0 Å². The normalized spacial score (nSPS) is 10.5. The lowest BCUT2D eigenvalue weighted by molar-refractivity contribution is 0.0600. The Hall–Kier alpha value is -3.02. The Labute approximate surface area is 133 Å². The number of methoxy groups -OCH3 is 2. The molecule has 1 aromatic carbocycles. The maximum atomic E-state index is 11.5.